The molecule has 24 heavy (non-hydrogen) atoms. The van der Waals surface area contributed by atoms with Gasteiger partial charge in [0.2, 0.25) is 13.6 Å². The zero-order chi connectivity index (χ0) is 18.0. The fraction of sp³-hybridized carbons (Fsp3) is 0.200. The van der Waals surface area contributed by atoms with Gasteiger partial charge in [-0.2, -0.15) is 0 Å². The third kappa shape index (κ3) is 4.39. The normalized spacial score (nSPS) is 13.3. The van der Waals surface area contributed by atoms with Crippen LogP contribution < -0.4 is 5.32 Å². The van der Waals surface area contributed by atoms with Gasteiger partial charge in [-0.05, 0) is 31.2 Å². The lowest BCUT2D eigenvalue weighted by Gasteiger charge is -2.25. The van der Waals surface area contributed by atoms with Crippen molar-refractivity contribution >= 4 is 50.5 Å². The van der Waals surface area contributed by atoms with E-state index in [4.69, 9.17) is 34.8 Å². The van der Waals surface area contributed by atoms with Crippen molar-refractivity contribution in [2.75, 3.05) is 0 Å². The fourth-order valence-corrected chi connectivity index (χ4v) is 4.52. The third-order valence-electron chi connectivity index (χ3n) is 3.14. The molecule has 0 aliphatic carbocycles. The van der Waals surface area contributed by atoms with E-state index in [0.717, 1.165) is 5.56 Å². The molecule has 1 N–H and O–H groups in total. The third-order valence-corrected chi connectivity index (χ3v) is 6.21. The van der Waals surface area contributed by atoms with Crippen LogP contribution >= 0.6 is 34.8 Å². The maximum Gasteiger partial charge on any atom is 0.253 e. The number of rotatable bonds is 4. The van der Waals surface area contributed by atoms with E-state index in [-0.39, 0.29) is 10.5 Å². The monoisotopic (exact) mass is 406 g/mol. The van der Waals surface area contributed by atoms with Crippen molar-refractivity contribution in [2.45, 2.75) is 21.0 Å². The van der Waals surface area contributed by atoms with Crippen molar-refractivity contribution < 1.29 is 13.2 Å². The Bertz CT molecular complexity index is 819. The van der Waals surface area contributed by atoms with E-state index in [1.165, 1.54) is 36.7 Å². The number of halogens is 3. The van der Waals surface area contributed by atoms with Gasteiger partial charge in [0.25, 0.3) is 5.91 Å². The quantitative estimate of drug-likeness (QED) is 0.789. The van der Waals surface area contributed by atoms with Crippen LogP contribution in [0.1, 0.15) is 15.9 Å². The molecule has 0 aliphatic rings. The molecule has 1 aromatic carbocycles. The van der Waals surface area contributed by atoms with Crippen molar-refractivity contribution in [1.29, 1.82) is 0 Å². The summed E-state index contributed by atoms with van der Waals surface area (Å²) in [7, 11) is -4.13. The van der Waals surface area contributed by atoms with E-state index in [2.05, 4.69) is 10.3 Å². The van der Waals surface area contributed by atoms with Gasteiger partial charge >= 0.3 is 0 Å². The van der Waals surface area contributed by atoms with Crippen LogP contribution in [0.25, 0.3) is 0 Å². The Labute approximate surface area is 154 Å². The standard InChI is InChI=1S/C15H13Cl3N2O3S/c1-10-4-6-12(7-5-10)24(22,23)14(15(16,17)18)20-13(21)11-3-2-8-19-9-11/h2-9,14H,1H3,(H,20,21). The molecule has 0 bridgehead atoms. The minimum atomic E-state index is -4.13. The largest absolute Gasteiger partial charge is 0.332 e. The summed E-state index contributed by atoms with van der Waals surface area (Å²) in [6, 6.07) is 9.02. The van der Waals surface area contributed by atoms with Gasteiger partial charge in [-0.3, -0.25) is 9.78 Å². The predicted octanol–water partition coefficient (Wildman–Crippen LogP) is 3.29. The van der Waals surface area contributed by atoms with Crippen LogP contribution in [0.5, 0.6) is 0 Å². The van der Waals surface area contributed by atoms with Crippen LogP contribution in [-0.4, -0.2) is 28.5 Å². The zero-order valence-corrected chi connectivity index (χ0v) is 15.5. The van der Waals surface area contributed by atoms with Crippen molar-refractivity contribution in [3.63, 3.8) is 0 Å². The molecular weight excluding hydrogens is 395 g/mol. The van der Waals surface area contributed by atoms with Crippen molar-refractivity contribution in [3.05, 3.63) is 59.9 Å². The molecule has 1 aromatic heterocycles. The van der Waals surface area contributed by atoms with E-state index in [1.54, 1.807) is 12.1 Å². The zero-order valence-electron chi connectivity index (χ0n) is 12.4. The van der Waals surface area contributed by atoms with E-state index in [1.807, 2.05) is 6.92 Å². The average molecular weight is 408 g/mol. The number of aromatic nitrogens is 1. The summed E-state index contributed by atoms with van der Waals surface area (Å²) in [5.74, 6) is -0.713. The van der Waals surface area contributed by atoms with Crippen LogP contribution in [0, 0.1) is 6.92 Å². The van der Waals surface area contributed by atoms with Crippen LogP contribution in [0.2, 0.25) is 0 Å². The molecule has 1 heterocycles. The SMILES string of the molecule is Cc1ccc(S(=O)(=O)C(NC(=O)c2cccnc2)C(Cl)(Cl)Cl)cc1. The van der Waals surface area contributed by atoms with Crippen LogP contribution in [-0.2, 0) is 9.84 Å². The maximum absolute atomic E-state index is 12.8. The van der Waals surface area contributed by atoms with Gasteiger partial charge < -0.3 is 5.32 Å². The number of aryl methyl sites for hydroxylation is 1. The summed E-state index contributed by atoms with van der Waals surface area (Å²) >= 11 is 17.5. The lowest BCUT2D eigenvalue weighted by Crippen LogP contribution is -2.49. The number of carbonyl (C=O) groups excluding carboxylic acids is 1. The molecule has 9 heteroatoms. The van der Waals surface area contributed by atoms with E-state index >= 15 is 0 Å². The highest BCUT2D eigenvalue weighted by Gasteiger charge is 2.44. The molecule has 0 spiro atoms. The highest BCUT2D eigenvalue weighted by atomic mass is 35.6. The van der Waals surface area contributed by atoms with Gasteiger partial charge in [-0.25, -0.2) is 8.42 Å². The highest BCUT2D eigenvalue weighted by molar-refractivity contribution is 7.92. The predicted molar refractivity (Wildman–Crippen MR) is 94.1 cm³/mol. The molecule has 1 unspecified atom stereocenters. The number of pyridine rings is 1. The van der Waals surface area contributed by atoms with Gasteiger partial charge in [-0.1, -0.05) is 52.5 Å². The second-order valence-electron chi connectivity index (χ2n) is 4.99. The minimum Gasteiger partial charge on any atom is -0.332 e. The molecule has 5 nitrogen and oxygen atoms in total. The molecule has 128 valence electrons. The fourth-order valence-electron chi connectivity index (χ4n) is 1.90. The first-order chi connectivity index (χ1) is 11.1. The topological polar surface area (TPSA) is 76.1 Å². The summed E-state index contributed by atoms with van der Waals surface area (Å²) < 4.78 is 23.3. The molecule has 0 fully saturated rings. The summed E-state index contributed by atoms with van der Waals surface area (Å²) in [6.07, 6.45) is 2.76. The molecule has 0 saturated heterocycles. The molecule has 2 rings (SSSR count). The van der Waals surface area contributed by atoms with E-state index in [9.17, 15) is 13.2 Å². The molecule has 2 aromatic rings. The summed E-state index contributed by atoms with van der Waals surface area (Å²) in [4.78, 5) is 16.0. The number of hydrogen-bond donors (Lipinski definition) is 1. The van der Waals surface area contributed by atoms with Gasteiger partial charge in [0.15, 0.2) is 5.37 Å². The first kappa shape index (κ1) is 19.0. The number of nitrogens with zero attached hydrogens (tertiary/aromatic N) is 1. The molecule has 1 atom stereocenters. The van der Waals surface area contributed by atoms with Crippen LogP contribution in [0.3, 0.4) is 0 Å². The van der Waals surface area contributed by atoms with Crippen molar-refractivity contribution in [3.8, 4) is 0 Å². The highest BCUT2D eigenvalue weighted by Crippen LogP contribution is 2.36. The first-order valence-electron chi connectivity index (χ1n) is 6.70. The number of benzene rings is 1. The van der Waals surface area contributed by atoms with Gasteiger partial charge in [-0.15, -0.1) is 0 Å². The molecule has 0 radical (unpaired) electrons. The maximum atomic E-state index is 12.8. The lowest BCUT2D eigenvalue weighted by molar-refractivity contribution is 0.0948. The number of alkyl halides is 3. The van der Waals surface area contributed by atoms with Gasteiger partial charge in [0.1, 0.15) is 0 Å². The second kappa shape index (κ2) is 7.27. The van der Waals surface area contributed by atoms with Gasteiger partial charge in [0.05, 0.1) is 10.5 Å². The van der Waals surface area contributed by atoms with E-state index < -0.39 is 24.9 Å². The Balaban J connectivity index is 2.39. The Hall–Kier alpha value is -1.34. The molecule has 1 amide bonds. The second-order valence-corrected chi connectivity index (χ2v) is 9.40. The molecule has 0 aliphatic heterocycles. The summed E-state index contributed by atoms with van der Waals surface area (Å²) in [5.41, 5.74) is 1.02. The van der Waals surface area contributed by atoms with Crippen LogP contribution in [0.15, 0.2) is 53.7 Å². The van der Waals surface area contributed by atoms with Crippen molar-refractivity contribution in [2.24, 2.45) is 0 Å². The summed E-state index contributed by atoms with van der Waals surface area (Å²) in [6.45, 7) is 1.81. The molecule has 0 saturated carbocycles. The average Bonchev–Trinajstić information content (AvgIpc) is 2.52. The smallest absolute Gasteiger partial charge is 0.253 e. The summed E-state index contributed by atoms with van der Waals surface area (Å²) in [5, 5.41) is 0.505. The molecular formula is C15H13Cl3N2O3S. The Morgan fingerprint density at radius 3 is 2.29 bits per heavy atom. The van der Waals surface area contributed by atoms with Gasteiger partial charge in [0, 0.05) is 12.4 Å². The number of amides is 1. The van der Waals surface area contributed by atoms with E-state index in [0.29, 0.717) is 0 Å². The Morgan fingerprint density at radius 2 is 1.79 bits per heavy atom. The van der Waals surface area contributed by atoms with Crippen LogP contribution in [0.4, 0.5) is 0 Å². The first-order valence-corrected chi connectivity index (χ1v) is 9.38. The number of nitrogens with one attached hydrogen (secondary N) is 1. The number of sulfone groups is 1. The Kier molecular flexibility index (Phi) is 5.75. The minimum absolute atomic E-state index is 0.0593. The number of carbonyl (C=O) groups is 1. The Morgan fingerprint density at radius 1 is 1.17 bits per heavy atom. The number of hydrogen-bond acceptors (Lipinski definition) is 4. The van der Waals surface area contributed by atoms with Crippen molar-refractivity contribution in [1.82, 2.24) is 10.3 Å². The lowest BCUT2D eigenvalue weighted by atomic mass is 10.2.